The number of nitrogens with one attached hydrogen (secondary N) is 1. The van der Waals surface area contributed by atoms with Crippen molar-refractivity contribution in [3.63, 3.8) is 0 Å². The van der Waals surface area contributed by atoms with Crippen molar-refractivity contribution in [1.29, 1.82) is 0 Å². The van der Waals surface area contributed by atoms with Gasteiger partial charge in [0.25, 0.3) is 0 Å². The molecule has 3 nitrogen and oxygen atoms in total. The van der Waals surface area contributed by atoms with Crippen LogP contribution in [0.1, 0.15) is 90.6 Å². The summed E-state index contributed by atoms with van der Waals surface area (Å²) in [6.45, 7) is 2.87. The second-order valence-corrected chi connectivity index (χ2v) is 10.6. The zero-order chi connectivity index (χ0) is 24.2. The molecule has 2 aromatic carbocycles. The lowest BCUT2D eigenvalue weighted by atomic mass is 9.64. The number of hydrogen-bond donors (Lipinski definition) is 1. The molecule has 1 N–H and O–H groups in total. The van der Waals surface area contributed by atoms with Gasteiger partial charge in [0.15, 0.2) is 0 Å². The first-order valence-corrected chi connectivity index (χ1v) is 12.5. The summed E-state index contributed by atoms with van der Waals surface area (Å²) in [5.41, 5.74) is 5.20. The van der Waals surface area contributed by atoms with Crippen molar-refractivity contribution in [2.24, 2.45) is 5.41 Å². The lowest BCUT2D eigenvalue weighted by Gasteiger charge is -2.44. The van der Waals surface area contributed by atoms with Crippen LogP contribution < -0.4 is 0 Å². The Balaban J connectivity index is 1.36. The van der Waals surface area contributed by atoms with E-state index in [9.17, 15) is 13.2 Å². The van der Waals surface area contributed by atoms with Crippen molar-refractivity contribution in [2.45, 2.75) is 63.1 Å². The zero-order valence-electron chi connectivity index (χ0n) is 19.7. The van der Waals surface area contributed by atoms with E-state index in [0.29, 0.717) is 18.1 Å². The quantitative estimate of drug-likeness (QED) is 0.414. The first kappa shape index (κ1) is 22.6. The number of aromatic nitrogens is 2. The summed E-state index contributed by atoms with van der Waals surface area (Å²) in [7, 11) is 0. The van der Waals surface area contributed by atoms with Crippen LogP contribution in [0.15, 0.2) is 54.6 Å². The number of halogens is 3. The van der Waals surface area contributed by atoms with E-state index in [2.05, 4.69) is 41.4 Å². The molecule has 1 saturated heterocycles. The molecule has 3 atom stereocenters. The number of benzene rings is 2. The highest BCUT2D eigenvalue weighted by atomic mass is 19.4. The van der Waals surface area contributed by atoms with E-state index in [1.807, 2.05) is 12.1 Å². The predicted octanol–water partition coefficient (Wildman–Crippen LogP) is 7.89. The number of rotatable bonds is 4. The Morgan fingerprint density at radius 3 is 2.66 bits per heavy atom. The summed E-state index contributed by atoms with van der Waals surface area (Å²) in [5, 5.41) is 7.79. The zero-order valence-corrected chi connectivity index (χ0v) is 19.7. The third kappa shape index (κ3) is 4.02. The van der Waals surface area contributed by atoms with Gasteiger partial charge in [0.05, 0.1) is 23.1 Å². The molecule has 3 aliphatic rings. The molecule has 2 aliphatic carbocycles. The number of nitrogens with zero attached hydrogens (tertiary/aromatic N) is 1. The minimum Gasteiger partial charge on any atom is -0.372 e. The SMILES string of the molecule is CC1(C2C(c3cccc(C(F)(F)F)c3)=Cc3ccccc32)CCOC(c2cc(C3CCC3)n[nH]2)C1. The van der Waals surface area contributed by atoms with Gasteiger partial charge in [-0.05, 0) is 71.6 Å². The van der Waals surface area contributed by atoms with Crippen LogP contribution in [0.5, 0.6) is 0 Å². The summed E-state index contributed by atoms with van der Waals surface area (Å²) in [5.74, 6) is 0.537. The van der Waals surface area contributed by atoms with Gasteiger partial charge in [0.1, 0.15) is 0 Å². The Morgan fingerprint density at radius 1 is 1.06 bits per heavy atom. The first-order chi connectivity index (χ1) is 16.8. The minimum atomic E-state index is -4.37. The van der Waals surface area contributed by atoms with E-state index in [-0.39, 0.29) is 17.4 Å². The first-order valence-electron chi connectivity index (χ1n) is 12.5. The molecule has 3 aromatic rings. The third-order valence-corrected chi connectivity index (χ3v) is 8.28. The maximum Gasteiger partial charge on any atom is 0.416 e. The standard InChI is InChI=1S/C29H29F3N2O/c1-28(12-13-35-26(17-28)25-16-24(33-34-25)18-7-4-8-18)27-22-11-3-2-6-20(22)15-23(27)19-9-5-10-21(14-19)29(30,31)32/h2-3,5-6,9-11,14-16,18,26-27H,4,7-8,12-13,17H2,1H3,(H,33,34). The second-order valence-electron chi connectivity index (χ2n) is 10.6. The fraction of sp³-hybridized carbons (Fsp3) is 0.414. The molecule has 1 aliphatic heterocycles. The van der Waals surface area contributed by atoms with Crippen molar-refractivity contribution in [3.05, 3.63) is 88.2 Å². The van der Waals surface area contributed by atoms with E-state index in [1.165, 1.54) is 37.0 Å². The van der Waals surface area contributed by atoms with Gasteiger partial charge < -0.3 is 4.74 Å². The second kappa shape index (κ2) is 8.37. The van der Waals surface area contributed by atoms with E-state index < -0.39 is 11.7 Å². The molecule has 1 saturated carbocycles. The molecule has 6 heteroatoms. The Morgan fingerprint density at radius 2 is 1.89 bits per heavy atom. The number of aromatic amines is 1. The van der Waals surface area contributed by atoms with Crippen LogP contribution >= 0.6 is 0 Å². The molecule has 1 aromatic heterocycles. The van der Waals surface area contributed by atoms with Crippen molar-refractivity contribution in [2.75, 3.05) is 6.61 Å². The monoisotopic (exact) mass is 478 g/mol. The van der Waals surface area contributed by atoms with Gasteiger partial charge in [-0.3, -0.25) is 5.10 Å². The number of H-pyrrole nitrogens is 1. The Bertz CT molecular complexity index is 1270. The van der Waals surface area contributed by atoms with E-state index in [4.69, 9.17) is 4.74 Å². The van der Waals surface area contributed by atoms with E-state index in [1.54, 1.807) is 6.07 Å². The van der Waals surface area contributed by atoms with Gasteiger partial charge in [-0.1, -0.05) is 55.8 Å². The average Bonchev–Trinajstić information content (AvgIpc) is 3.43. The lowest BCUT2D eigenvalue weighted by molar-refractivity contribution is -0.137. The third-order valence-electron chi connectivity index (χ3n) is 8.28. The van der Waals surface area contributed by atoms with Gasteiger partial charge in [-0.25, -0.2) is 0 Å². The smallest absolute Gasteiger partial charge is 0.372 e. The van der Waals surface area contributed by atoms with Crippen molar-refractivity contribution in [1.82, 2.24) is 10.2 Å². The van der Waals surface area contributed by atoms with Gasteiger partial charge in [-0.15, -0.1) is 0 Å². The van der Waals surface area contributed by atoms with Crippen LogP contribution in [-0.2, 0) is 10.9 Å². The maximum absolute atomic E-state index is 13.5. The summed E-state index contributed by atoms with van der Waals surface area (Å²) in [6.07, 6.45) is 2.86. The lowest BCUT2D eigenvalue weighted by Crippen LogP contribution is -2.34. The molecule has 6 rings (SSSR count). The van der Waals surface area contributed by atoms with Crippen molar-refractivity contribution < 1.29 is 17.9 Å². The van der Waals surface area contributed by atoms with Gasteiger partial charge >= 0.3 is 6.18 Å². The largest absolute Gasteiger partial charge is 0.416 e. The fourth-order valence-electron chi connectivity index (χ4n) is 6.11. The normalized spacial score (nSPS) is 26.8. The summed E-state index contributed by atoms with van der Waals surface area (Å²) < 4.78 is 46.8. The van der Waals surface area contributed by atoms with E-state index in [0.717, 1.165) is 41.4 Å². The average molecular weight is 479 g/mol. The molecule has 3 unspecified atom stereocenters. The van der Waals surface area contributed by atoms with Crippen LogP contribution in [0.2, 0.25) is 0 Å². The predicted molar refractivity (Wildman–Crippen MR) is 130 cm³/mol. The fourth-order valence-corrected chi connectivity index (χ4v) is 6.11. The number of fused-ring (bicyclic) bond motifs is 1. The van der Waals surface area contributed by atoms with Gasteiger partial charge in [0, 0.05) is 18.4 Å². The Hall–Kier alpha value is -2.86. The highest BCUT2D eigenvalue weighted by Crippen LogP contribution is 2.58. The molecule has 0 radical (unpaired) electrons. The molecule has 2 heterocycles. The van der Waals surface area contributed by atoms with Gasteiger partial charge in [0.2, 0.25) is 0 Å². The van der Waals surface area contributed by atoms with Crippen LogP contribution in [0, 0.1) is 5.41 Å². The van der Waals surface area contributed by atoms with Crippen molar-refractivity contribution >= 4 is 11.6 Å². The maximum atomic E-state index is 13.5. The summed E-state index contributed by atoms with van der Waals surface area (Å²) in [4.78, 5) is 0. The van der Waals surface area contributed by atoms with Crippen LogP contribution in [0.25, 0.3) is 11.6 Å². The topological polar surface area (TPSA) is 37.9 Å². The molecule has 0 amide bonds. The molecule has 182 valence electrons. The van der Waals surface area contributed by atoms with Crippen molar-refractivity contribution in [3.8, 4) is 0 Å². The van der Waals surface area contributed by atoms with Crippen LogP contribution in [0.4, 0.5) is 13.2 Å². The molecule has 0 spiro atoms. The molecule has 2 fully saturated rings. The van der Waals surface area contributed by atoms with Crippen LogP contribution in [0.3, 0.4) is 0 Å². The van der Waals surface area contributed by atoms with Crippen LogP contribution in [-0.4, -0.2) is 16.8 Å². The number of alkyl halides is 3. The Labute approximate surface area is 203 Å². The molecule has 0 bridgehead atoms. The number of ether oxygens (including phenoxy) is 1. The Kier molecular flexibility index (Phi) is 5.40. The summed E-state index contributed by atoms with van der Waals surface area (Å²) in [6, 6.07) is 16.1. The molecular weight excluding hydrogens is 449 g/mol. The number of allylic oxidation sites excluding steroid dienone is 1. The van der Waals surface area contributed by atoms with Gasteiger partial charge in [-0.2, -0.15) is 18.3 Å². The van der Waals surface area contributed by atoms with E-state index >= 15 is 0 Å². The number of hydrogen-bond acceptors (Lipinski definition) is 2. The highest BCUT2D eigenvalue weighted by molar-refractivity contribution is 5.92. The highest BCUT2D eigenvalue weighted by Gasteiger charge is 2.45. The molecule has 35 heavy (non-hydrogen) atoms. The molecular formula is C29H29F3N2O. The minimum absolute atomic E-state index is 0.0115. The summed E-state index contributed by atoms with van der Waals surface area (Å²) >= 11 is 0.